The second-order valence-corrected chi connectivity index (χ2v) is 19.6. The number of fused-ring (bicyclic) bond motifs is 12. The fourth-order valence-electron chi connectivity index (χ4n) is 11.6. The summed E-state index contributed by atoms with van der Waals surface area (Å²) in [6.07, 6.45) is 0. The molecule has 0 bridgehead atoms. The number of benzene rings is 10. The molecule has 6 nitrogen and oxygen atoms in total. The van der Waals surface area contributed by atoms with E-state index in [2.05, 4.69) is 181 Å². The maximum absolute atomic E-state index is 6.56. The lowest BCUT2D eigenvalue weighted by atomic mass is 9.81. The average Bonchev–Trinajstić information content (AvgIpc) is 4.14. The summed E-state index contributed by atoms with van der Waals surface area (Å²) in [6.45, 7) is 4.77. The number of aromatic nitrogens is 5. The fraction of sp³-hybridized carbons (Fsp3) is 0.0455. The van der Waals surface area contributed by atoms with Crippen LogP contribution in [0.25, 0.3) is 133 Å². The SMILES string of the molecule is CC1(C)c2cc(-c3ccc4c(c3)c3cc5c(cc3n4-c3cccc(-c4nc(-c6ccccc6)nc(-c6ccccc6)n4)c3)oc3ccccc35)ccc2-c2cc3c4ccccc4n(-c4ccccc4)c3cc21. The molecule has 0 amide bonds. The maximum Gasteiger partial charge on any atom is 0.164 e. The molecule has 14 aromatic rings. The monoisotopic (exact) mass is 921 g/mol. The summed E-state index contributed by atoms with van der Waals surface area (Å²) in [5.41, 5.74) is 18.7. The van der Waals surface area contributed by atoms with Gasteiger partial charge in [-0.05, 0) is 106 Å². The van der Waals surface area contributed by atoms with Crippen LogP contribution in [-0.4, -0.2) is 24.1 Å². The molecule has 0 radical (unpaired) electrons. The zero-order valence-electron chi connectivity index (χ0n) is 39.5. The van der Waals surface area contributed by atoms with Crippen LogP contribution in [0.2, 0.25) is 0 Å². The zero-order valence-corrected chi connectivity index (χ0v) is 39.5. The highest BCUT2D eigenvalue weighted by atomic mass is 16.3. The summed E-state index contributed by atoms with van der Waals surface area (Å²) in [4.78, 5) is 15.2. The van der Waals surface area contributed by atoms with Crippen LogP contribution in [0.1, 0.15) is 25.0 Å². The third-order valence-corrected chi connectivity index (χ3v) is 15.1. The van der Waals surface area contributed by atoms with Crippen LogP contribution in [0.4, 0.5) is 0 Å². The summed E-state index contributed by atoms with van der Waals surface area (Å²) in [5.74, 6) is 1.87. The van der Waals surface area contributed by atoms with Crippen molar-refractivity contribution in [2.45, 2.75) is 19.3 Å². The van der Waals surface area contributed by atoms with Crippen LogP contribution in [-0.2, 0) is 5.41 Å². The number of nitrogens with zero attached hydrogens (tertiary/aromatic N) is 5. The van der Waals surface area contributed by atoms with Crippen LogP contribution in [0.3, 0.4) is 0 Å². The Morgan fingerprint density at radius 3 is 1.62 bits per heavy atom. The van der Waals surface area contributed by atoms with E-state index in [9.17, 15) is 0 Å². The Hall–Kier alpha value is -9.39. The van der Waals surface area contributed by atoms with Gasteiger partial charge >= 0.3 is 0 Å². The van der Waals surface area contributed by atoms with Crippen molar-refractivity contribution in [2.24, 2.45) is 0 Å². The average molecular weight is 922 g/mol. The summed E-state index contributed by atoms with van der Waals surface area (Å²) in [5, 5.41) is 7.06. The van der Waals surface area contributed by atoms with Crippen molar-refractivity contribution in [3.8, 4) is 67.8 Å². The molecule has 0 unspecified atom stereocenters. The Morgan fingerprint density at radius 2 is 0.861 bits per heavy atom. The van der Waals surface area contributed by atoms with Crippen molar-refractivity contribution >= 4 is 65.6 Å². The van der Waals surface area contributed by atoms with Gasteiger partial charge < -0.3 is 13.6 Å². The fourth-order valence-corrected chi connectivity index (χ4v) is 11.6. The predicted octanol–water partition coefficient (Wildman–Crippen LogP) is 16.9. The number of hydrogen-bond acceptors (Lipinski definition) is 4. The second-order valence-electron chi connectivity index (χ2n) is 19.6. The molecule has 1 aliphatic carbocycles. The van der Waals surface area contributed by atoms with E-state index in [0.717, 1.165) is 66.1 Å². The number of rotatable bonds is 6. The van der Waals surface area contributed by atoms with Crippen molar-refractivity contribution in [1.82, 2.24) is 24.1 Å². The molecule has 72 heavy (non-hydrogen) atoms. The molecule has 0 aliphatic heterocycles. The lowest BCUT2D eigenvalue weighted by Crippen LogP contribution is -2.15. The molecular formula is C66H43N5O. The standard InChI is InChI=1S/C66H43N5O/c1-66(2)55-35-43(29-31-47(55)50-36-52-48-25-12-14-27-57(48)70(59(52)38-56(50)66)45-22-10-5-11-23-45)42-30-32-58-51(34-42)53-37-54-49-26-13-15-28-61(49)72-62(54)39-60(53)71(58)46-24-16-21-44(33-46)65-68-63(40-17-6-3-7-18-40)67-64(69-65)41-19-8-4-9-20-41/h3-39H,1-2H3. The molecule has 15 rings (SSSR count). The number of hydrogen-bond donors (Lipinski definition) is 0. The lowest BCUT2D eigenvalue weighted by molar-refractivity contribution is 0.661. The molecule has 10 aromatic carbocycles. The first-order valence-corrected chi connectivity index (χ1v) is 24.6. The Labute approximate surface area is 414 Å². The van der Waals surface area contributed by atoms with Gasteiger partial charge in [-0.15, -0.1) is 0 Å². The Kier molecular flexibility index (Phi) is 8.61. The summed E-state index contributed by atoms with van der Waals surface area (Å²) in [7, 11) is 0. The van der Waals surface area contributed by atoms with Gasteiger partial charge in [0.15, 0.2) is 17.5 Å². The number of furan rings is 1. The third-order valence-electron chi connectivity index (χ3n) is 15.1. The molecule has 0 atom stereocenters. The van der Waals surface area contributed by atoms with E-state index >= 15 is 0 Å². The van der Waals surface area contributed by atoms with Crippen molar-refractivity contribution < 1.29 is 4.42 Å². The van der Waals surface area contributed by atoms with Crippen LogP contribution in [0.5, 0.6) is 0 Å². The van der Waals surface area contributed by atoms with Crippen molar-refractivity contribution in [3.05, 3.63) is 236 Å². The van der Waals surface area contributed by atoms with Gasteiger partial charge in [-0.3, -0.25) is 0 Å². The molecule has 0 fully saturated rings. The van der Waals surface area contributed by atoms with E-state index in [1.54, 1.807) is 0 Å². The molecule has 0 saturated carbocycles. The summed E-state index contributed by atoms with van der Waals surface area (Å²) in [6, 6.07) is 80.2. The zero-order chi connectivity index (χ0) is 47.7. The molecule has 0 spiro atoms. The molecular weight excluding hydrogens is 879 g/mol. The molecule has 0 saturated heterocycles. The van der Waals surface area contributed by atoms with Crippen LogP contribution < -0.4 is 0 Å². The predicted molar refractivity (Wildman–Crippen MR) is 295 cm³/mol. The lowest BCUT2D eigenvalue weighted by Gasteiger charge is -2.22. The minimum Gasteiger partial charge on any atom is -0.456 e. The second kappa shape index (κ2) is 15.3. The van der Waals surface area contributed by atoms with Crippen LogP contribution in [0, 0.1) is 0 Å². The van der Waals surface area contributed by atoms with Crippen LogP contribution >= 0.6 is 0 Å². The maximum atomic E-state index is 6.56. The van der Waals surface area contributed by atoms with E-state index < -0.39 is 0 Å². The first-order chi connectivity index (χ1) is 35.4. The Morgan fingerprint density at radius 1 is 0.319 bits per heavy atom. The number of para-hydroxylation sites is 3. The summed E-state index contributed by atoms with van der Waals surface area (Å²) >= 11 is 0. The van der Waals surface area contributed by atoms with Gasteiger partial charge in [-0.25, -0.2) is 15.0 Å². The van der Waals surface area contributed by atoms with Gasteiger partial charge in [-0.2, -0.15) is 0 Å². The molecule has 0 N–H and O–H groups in total. The molecule has 1 aliphatic rings. The highest BCUT2D eigenvalue weighted by molar-refractivity contribution is 6.18. The summed E-state index contributed by atoms with van der Waals surface area (Å²) < 4.78 is 11.3. The Balaban J connectivity index is 0.893. The van der Waals surface area contributed by atoms with Gasteiger partial charge in [0.2, 0.25) is 0 Å². The highest BCUT2D eigenvalue weighted by Crippen LogP contribution is 2.52. The van der Waals surface area contributed by atoms with E-state index in [-0.39, 0.29) is 5.41 Å². The van der Waals surface area contributed by atoms with Gasteiger partial charge in [0.05, 0.1) is 22.1 Å². The first kappa shape index (κ1) is 40.5. The minimum atomic E-state index is -0.228. The van der Waals surface area contributed by atoms with Crippen molar-refractivity contribution in [3.63, 3.8) is 0 Å². The largest absolute Gasteiger partial charge is 0.456 e. The quantitative estimate of drug-likeness (QED) is 0.167. The van der Waals surface area contributed by atoms with Crippen molar-refractivity contribution in [2.75, 3.05) is 0 Å². The molecule has 338 valence electrons. The van der Waals surface area contributed by atoms with Gasteiger partial charge in [0, 0.05) is 71.9 Å². The van der Waals surface area contributed by atoms with E-state index in [1.807, 2.05) is 66.7 Å². The van der Waals surface area contributed by atoms with Crippen LogP contribution in [0.15, 0.2) is 229 Å². The normalized spacial score (nSPS) is 13.0. The Bertz CT molecular complexity index is 4470. The first-order valence-electron chi connectivity index (χ1n) is 24.6. The van der Waals surface area contributed by atoms with Crippen molar-refractivity contribution in [1.29, 1.82) is 0 Å². The topological polar surface area (TPSA) is 61.7 Å². The molecule has 4 heterocycles. The van der Waals surface area contributed by atoms with E-state index in [0.29, 0.717) is 17.5 Å². The highest BCUT2D eigenvalue weighted by Gasteiger charge is 2.37. The minimum absolute atomic E-state index is 0.228. The smallest absolute Gasteiger partial charge is 0.164 e. The third kappa shape index (κ3) is 6.05. The molecule has 4 aromatic heterocycles. The van der Waals surface area contributed by atoms with E-state index in [1.165, 1.54) is 60.9 Å². The van der Waals surface area contributed by atoms with Gasteiger partial charge in [0.25, 0.3) is 0 Å². The van der Waals surface area contributed by atoms with Gasteiger partial charge in [-0.1, -0.05) is 159 Å². The molecule has 6 heteroatoms. The van der Waals surface area contributed by atoms with E-state index in [4.69, 9.17) is 19.4 Å². The van der Waals surface area contributed by atoms with Gasteiger partial charge in [0.1, 0.15) is 11.2 Å².